The molecule has 2 heterocycles. The Bertz CT molecular complexity index is 1090. The van der Waals surface area contributed by atoms with Crippen LogP contribution in [0.25, 0.3) is 21.1 Å². The quantitative estimate of drug-likeness (QED) is 0.426. The molecular formula is C20H18N4OS. The van der Waals surface area contributed by atoms with Crippen LogP contribution in [0.4, 0.5) is 0 Å². The number of carbonyl (C=O) groups is 1. The van der Waals surface area contributed by atoms with E-state index in [1.807, 2.05) is 36.4 Å². The zero-order chi connectivity index (χ0) is 18.1. The smallest absolute Gasteiger partial charge is 0.300 e. The van der Waals surface area contributed by atoms with Crippen molar-refractivity contribution in [1.82, 2.24) is 15.0 Å². The molecule has 0 aliphatic rings. The summed E-state index contributed by atoms with van der Waals surface area (Å²) in [5, 5.41) is 5.66. The van der Waals surface area contributed by atoms with E-state index in [1.54, 1.807) is 6.21 Å². The first-order chi connectivity index (χ1) is 12.6. The van der Waals surface area contributed by atoms with E-state index in [9.17, 15) is 4.79 Å². The van der Waals surface area contributed by atoms with E-state index in [1.165, 1.54) is 11.3 Å². The van der Waals surface area contributed by atoms with Gasteiger partial charge in [0, 0.05) is 28.7 Å². The molecule has 0 fully saturated rings. The van der Waals surface area contributed by atoms with E-state index in [2.05, 4.69) is 52.3 Å². The van der Waals surface area contributed by atoms with Crippen LogP contribution in [0.2, 0.25) is 0 Å². The molecule has 4 aromatic rings. The summed E-state index contributed by atoms with van der Waals surface area (Å²) < 4.78 is 3.19. The van der Waals surface area contributed by atoms with Crippen LogP contribution in [-0.2, 0) is 0 Å². The largest absolute Gasteiger partial charge is 0.344 e. The zero-order valence-corrected chi connectivity index (χ0v) is 15.3. The molecule has 0 unspecified atom stereocenters. The highest BCUT2D eigenvalue weighted by Crippen LogP contribution is 2.24. The lowest BCUT2D eigenvalue weighted by atomic mass is 10.2. The van der Waals surface area contributed by atoms with Gasteiger partial charge in [-0.2, -0.15) is 5.10 Å². The number of nitrogens with one attached hydrogen (secondary N) is 1. The third-order valence-electron chi connectivity index (χ3n) is 4.19. The second-order valence-electron chi connectivity index (χ2n) is 6.29. The number of para-hydroxylation sites is 2. The van der Waals surface area contributed by atoms with Crippen molar-refractivity contribution in [3.63, 3.8) is 0 Å². The van der Waals surface area contributed by atoms with Crippen molar-refractivity contribution in [1.29, 1.82) is 0 Å². The number of carbonyl (C=O) groups excluding carboxylic acids is 1. The minimum atomic E-state index is -0.296. The maximum absolute atomic E-state index is 12.3. The molecule has 0 atom stereocenters. The molecule has 130 valence electrons. The second kappa shape index (κ2) is 6.72. The van der Waals surface area contributed by atoms with Gasteiger partial charge in [0.1, 0.15) is 0 Å². The second-order valence-corrected chi connectivity index (χ2v) is 7.32. The molecule has 5 nitrogen and oxygen atoms in total. The summed E-state index contributed by atoms with van der Waals surface area (Å²) in [5.74, 6) is -0.296. The molecule has 0 saturated heterocycles. The molecule has 2 aromatic heterocycles. The monoisotopic (exact) mass is 362 g/mol. The Morgan fingerprint density at radius 1 is 1.19 bits per heavy atom. The van der Waals surface area contributed by atoms with Crippen molar-refractivity contribution in [3.05, 3.63) is 65.3 Å². The fraction of sp³-hybridized carbons (Fsp3) is 0.150. The fourth-order valence-corrected chi connectivity index (χ4v) is 3.80. The van der Waals surface area contributed by atoms with Gasteiger partial charge in [0.05, 0.1) is 16.4 Å². The zero-order valence-electron chi connectivity index (χ0n) is 14.5. The molecule has 0 bridgehead atoms. The summed E-state index contributed by atoms with van der Waals surface area (Å²) in [6.45, 7) is 4.28. The van der Waals surface area contributed by atoms with Gasteiger partial charge in [-0.15, -0.1) is 11.3 Å². The summed E-state index contributed by atoms with van der Waals surface area (Å²) >= 11 is 1.36. The van der Waals surface area contributed by atoms with Gasteiger partial charge in [-0.25, -0.2) is 10.4 Å². The summed E-state index contributed by atoms with van der Waals surface area (Å²) in [6.07, 6.45) is 3.75. The Morgan fingerprint density at radius 2 is 1.96 bits per heavy atom. The van der Waals surface area contributed by atoms with Gasteiger partial charge < -0.3 is 4.57 Å². The first-order valence-corrected chi connectivity index (χ1v) is 9.23. The number of rotatable bonds is 4. The van der Waals surface area contributed by atoms with E-state index in [0.717, 1.165) is 26.7 Å². The highest BCUT2D eigenvalue weighted by molar-refractivity contribution is 7.20. The predicted octanol–water partition coefficient (Wildman–Crippen LogP) is 4.60. The van der Waals surface area contributed by atoms with Crippen molar-refractivity contribution in [2.45, 2.75) is 19.9 Å². The maximum atomic E-state index is 12.3. The standard InChI is InChI=1S/C20H18N4OS/c1-13(2)24-12-14(15-7-3-5-9-17(15)24)11-21-23-19(25)20-22-16-8-4-6-10-18(16)26-20/h3-13H,1-2H3,(H,23,25)/b21-11+. The van der Waals surface area contributed by atoms with Gasteiger partial charge in [-0.3, -0.25) is 4.79 Å². The maximum Gasteiger partial charge on any atom is 0.300 e. The summed E-state index contributed by atoms with van der Waals surface area (Å²) in [5.41, 5.74) is 5.53. The first kappa shape index (κ1) is 16.5. The number of hydrogen-bond acceptors (Lipinski definition) is 4. The normalized spacial score (nSPS) is 11.8. The highest BCUT2D eigenvalue weighted by atomic mass is 32.1. The molecule has 0 aliphatic heterocycles. The number of nitrogens with zero attached hydrogens (tertiary/aromatic N) is 3. The van der Waals surface area contributed by atoms with Crippen molar-refractivity contribution < 1.29 is 4.79 Å². The molecule has 0 saturated carbocycles. The number of amides is 1. The minimum absolute atomic E-state index is 0.296. The third kappa shape index (κ3) is 2.99. The third-order valence-corrected chi connectivity index (χ3v) is 5.22. The van der Waals surface area contributed by atoms with E-state index in [0.29, 0.717) is 11.0 Å². The van der Waals surface area contributed by atoms with Crippen molar-refractivity contribution in [3.8, 4) is 0 Å². The molecule has 1 amide bonds. The van der Waals surface area contributed by atoms with E-state index in [4.69, 9.17) is 0 Å². The van der Waals surface area contributed by atoms with Crippen LogP contribution in [0.3, 0.4) is 0 Å². The number of fused-ring (bicyclic) bond motifs is 2. The Hall–Kier alpha value is -2.99. The Kier molecular flexibility index (Phi) is 4.26. The molecule has 6 heteroatoms. The molecule has 0 spiro atoms. The average molecular weight is 362 g/mol. The molecule has 26 heavy (non-hydrogen) atoms. The van der Waals surface area contributed by atoms with E-state index in [-0.39, 0.29) is 5.91 Å². The Morgan fingerprint density at radius 3 is 2.77 bits per heavy atom. The fourth-order valence-electron chi connectivity index (χ4n) is 2.94. The van der Waals surface area contributed by atoms with Crippen LogP contribution in [0.1, 0.15) is 35.3 Å². The number of thiazole rings is 1. The van der Waals surface area contributed by atoms with Gasteiger partial charge in [-0.1, -0.05) is 30.3 Å². The molecular weight excluding hydrogens is 344 g/mol. The lowest BCUT2D eigenvalue weighted by molar-refractivity contribution is 0.0955. The van der Waals surface area contributed by atoms with Gasteiger partial charge in [0.15, 0.2) is 5.01 Å². The van der Waals surface area contributed by atoms with Crippen LogP contribution >= 0.6 is 11.3 Å². The number of hydrogen-bond donors (Lipinski definition) is 1. The molecule has 4 rings (SSSR count). The lowest BCUT2D eigenvalue weighted by Gasteiger charge is -2.08. The van der Waals surface area contributed by atoms with Crippen molar-refractivity contribution in [2.75, 3.05) is 0 Å². The Balaban J connectivity index is 1.57. The van der Waals surface area contributed by atoms with Crippen molar-refractivity contribution in [2.24, 2.45) is 5.10 Å². The van der Waals surface area contributed by atoms with Gasteiger partial charge >= 0.3 is 0 Å². The average Bonchev–Trinajstić information content (AvgIpc) is 3.23. The van der Waals surface area contributed by atoms with Crippen LogP contribution in [-0.4, -0.2) is 21.7 Å². The van der Waals surface area contributed by atoms with Crippen molar-refractivity contribution >= 4 is 44.6 Å². The first-order valence-electron chi connectivity index (χ1n) is 8.42. The Labute approximate surface area is 155 Å². The van der Waals surface area contributed by atoms with Crippen LogP contribution in [0, 0.1) is 0 Å². The van der Waals surface area contributed by atoms with Crippen LogP contribution in [0.15, 0.2) is 59.8 Å². The molecule has 0 aliphatic carbocycles. The number of hydrazone groups is 1. The van der Waals surface area contributed by atoms with Crippen LogP contribution in [0.5, 0.6) is 0 Å². The lowest BCUT2D eigenvalue weighted by Crippen LogP contribution is -2.17. The summed E-state index contributed by atoms with van der Waals surface area (Å²) in [6, 6.07) is 16.2. The predicted molar refractivity (Wildman–Crippen MR) is 107 cm³/mol. The number of benzene rings is 2. The highest BCUT2D eigenvalue weighted by Gasteiger charge is 2.12. The number of aromatic nitrogens is 2. The van der Waals surface area contributed by atoms with E-state index < -0.39 is 0 Å². The van der Waals surface area contributed by atoms with Crippen LogP contribution < -0.4 is 5.43 Å². The van der Waals surface area contributed by atoms with E-state index >= 15 is 0 Å². The SMILES string of the molecule is CC(C)n1cc(/C=N/NC(=O)c2nc3ccccc3s2)c2ccccc21. The molecule has 1 N–H and O–H groups in total. The molecule has 2 aromatic carbocycles. The molecule has 0 radical (unpaired) electrons. The van der Waals surface area contributed by atoms with Gasteiger partial charge in [0.2, 0.25) is 0 Å². The topological polar surface area (TPSA) is 59.3 Å². The van der Waals surface area contributed by atoms with Gasteiger partial charge in [-0.05, 0) is 32.0 Å². The van der Waals surface area contributed by atoms with Gasteiger partial charge in [0.25, 0.3) is 5.91 Å². The minimum Gasteiger partial charge on any atom is -0.344 e. The summed E-state index contributed by atoms with van der Waals surface area (Å²) in [7, 11) is 0. The summed E-state index contributed by atoms with van der Waals surface area (Å²) in [4.78, 5) is 16.6.